The summed E-state index contributed by atoms with van der Waals surface area (Å²) in [4.78, 5) is 11.9. The molecule has 1 fully saturated rings. The molecule has 0 unspecified atom stereocenters. The Kier molecular flexibility index (Phi) is 4.70. The third-order valence-corrected chi connectivity index (χ3v) is 7.12. The number of carbonyl (C=O) groups excluding carboxylic acids is 1. The van der Waals surface area contributed by atoms with E-state index in [1.165, 1.54) is 67.2 Å². The van der Waals surface area contributed by atoms with Crippen LogP contribution in [0.2, 0.25) is 0 Å². The maximum atomic E-state index is 11.0. The number of urea groups is 1. The molecule has 5 N–H and O–H groups in total. The second-order valence-corrected chi connectivity index (χ2v) is 9.27. The number of nitrogens with zero attached hydrogens (tertiary/aromatic N) is 2. The summed E-state index contributed by atoms with van der Waals surface area (Å²) in [6.45, 7) is 1.84. The molecule has 2 aromatic rings. The standard InChI is InChI=1S/C13H16N2O.C8H11N3OS/c14-13(16)15-12-7-8-3-1-4-9(8)10-5-2-6-11(10)12;9-13-6-3-10-11-4-8(1-2-8)5-12-7(6)11/h7H,1-6H2,(H3,14,15,16);3H,1-2,4-5,9H2. The van der Waals surface area contributed by atoms with Crippen LogP contribution in [0.3, 0.4) is 0 Å². The van der Waals surface area contributed by atoms with Crippen molar-refractivity contribution < 1.29 is 9.53 Å². The molecule has 8 heteroatoms. The fourth-order valence-electron chi connectivity index (χ4n) is 4.91. The van der Waals surface area contributed by atoms with Crippen LogP contribution >= 0.6 is 11.9 Å². The zero-order chi connectivity index (χ0) is 20.0. The molecular weight excluding hydrogens is 386 g/mol. The Hall–Kier alpha value is -2.19. The van der Waals surface area contributed by atoms with Gasteiger partial charge in [0.15, 0.2) is 0 Å². The molecular formula is C21H27N5O2S. The average molecular weight is 414 g/mol. The summed E-state index contributed by atoms with van der Waals surface area (Å²) in [6.07, 6.45) is 11.4. The normalized spacial score (nSPS) is 19.5. The number of nitrogens with one attached hydrogen (secondary N) is 1. The number of aromatic nitrogens is 2. The van der Waals surface area contributed by atoms with Gasteiger partial charge in [-0.05, 0) is 91.6 Å². The number of aryl methyl sites for hydroxylation is 1. The molecule has 7 nitrogen and oxygen atoms in total. The Morgan fingerprint density at radius 3 is 2.69 bits per heavy atom. The highest BCUT2D eigenvalue weighted by Crippen LogP contribution is 2.50. The molecule has 2 heterocycles. The van der Waals surface area contributed by atoms with Gasteiger partial charge in [-0.15, -0.1) is 0 Å². The molecule has 1 saturated carbocycles. The first-order valence-electron chi connectivity index (χ1n) is 10.4. The summed E-state index contributed by atoms with van der Waals surface area (Å²) in [5, 5.41) is 12.5. The van der Waals surface area contributed by atoms with Gasteiger partial charge in [-0.25, -0.2) is 9.48 Å². The monoisotopic (exact) mass is 413 g/mol. The molecule has 6 rings (SSSR count). The van der Waals surface area contributed by atoms with Gasteiger partial charge in [-0.3, -0.25) is 5.14 Å². The van der Waals surface area contributed by atoms with Crippen molar-refractivity contribution in [2.75, 3.05) is 11.9 Å². The number of hydrogen-bond donors (Lipinski definition) is 3. The van der Waals surface area contributed by atoms with Crippen LogP contribution in [0.25, 0.3) is 0 Å². The van der Waals surface area contributed by atoms with Gasteiger partial charge >= 0.3 is 6.03 Å². The molecule has 0 atom stereocenters. The first kappa shape index (κ1) is 18.8. The predicted molar refractivity (Wildman–Crippen MR) is 113 cm³/mol. The number of anilines is 1. The van der Waals surface area contributed by atoms with Gasteiger partial charge in [-0.2, -0.15) is 5.10 Å². The third-order valence-electron chi connectivity index (χ3n) is 6.59. The van der Waals surface area contributed by atoms with Crippen molar-refractivity contribution in [1.29, 1.82) is 0 Å². The molecule has 154 valence electrons. The van der Waals surface area contributed by atoms with Crippen LogP contribution in [0.1, 0.15) is 47.9 Å². The molecule has 3 aliphatic carbocycles. The summed E-state index contributed by atoms with van der Waals surface area (Å²) < 4.78 is 7.60. The topological polar surface area (TPSA) is 108 Å². The highest BCUT2D eigenvalue weighted by Gasteiger charge is 2.47. The molecule has 0 bridgehead atoms. The molecule has 0 radical (unpaired) electrons. The van der Waals surface area contributed by atoms with E-state index in [0.717, 1.165) is 42.5 Å². The second kappa shape index (κ2) is 7.25. The second-order valence-electron chi connectivity index (χ2n) is 8.59. The zero-order valence-corrected chi connectivity index (χ0v) is 17.3. The van der Waals surface area contributed by atoms with E-state index in [9.17, 15) is 4.79 Å². The average Bonchev–Trinajstić information content (AvgIpc) is 3.14. The summed E-state index contributed by atoms with van der Waals surface area (Å²) in [6, 6.07) is 1.68. The highest BCUT2D eigenvalue weighted by atomic mass is 32.2. The number of rotatable bonds is 2. The van der Waals surface area contributed by atoms with Crippen LogP contribution in [0, 0.1) is 5.41 Å². The Balaban J connectivity index is 0.000000128. The van der Waals surface area contributed by atoms with Gasteiger partial charge in [0.1, 0.15) is 4.90 Å². The molecule has 1 spiro atoms. The van der Waals surface area contributed by atoms with Crippen LogP contribution < -0.4 is 20.9 Å². The van der Waals surface area contributed by atoms with E-state index in [4.69, 9.17) is 15.6 Å². The summed E-state index contributed by atoms with van der Waals surface area (Å²) in [5.74, 6) is 0.852. The van der Waals surface area contributed by atoms with Crippen molar-refractivity contribution in [2.45, 2.75) is 62.8 Å². The van der Waals surface area contributed by atoms with Gasteiger partial charge in [0.2, 0.25) is 5.88 Å². The minimum atomic E-state index is -0.452. The Morgan fingerprint density at radius 1 is 1.17 bits per heavy atom. The lowest BCUT2D eigenvalue weighted by Gasteiger charge is -2.23. The largest absolute Gasteiger partial charge is 0.476 e. The SMILES string of the molecule is NC(=O)Nc1cc2c(c3c1CCC3)CCC2.NSc1cnn2c1OCC1(CC1)C2. The van der Waals surface area contributed by atoms with E-state index in [0.29, 0.717) is 5.41 Å². The fourth-order valence-corrected chi connectivity index (χ4v) is 5.28. The van der Waals surface area contributed by atoms with E-state index < -0.39 is 6.03 Å². The number of benzene rings is 1. The first-order valence-corrected chi connectivity index (χ1v) is 11.2. The maximum Gasteiger partial charge on any atom is 0.316 e. The van der Waals surface area contributed by atoms with E-state index in [-0.39, 0.29) is 0 Å². The first-order chi connectivity index (χ1) is 14.1. The summed E-state index contributed by atoms with van der Waals surface area (Å²) >= 11 is 1.20. The molecule has 29 heavy (non-hydrogen) atoms. The predicted octanol–water partition coefficient (Wildman–Crippen LogP) is 3.18. The number of amides is 2. The van der Waals surface area contributed by atoms with Crippen molar-refractivity contribution in [3.8, 4) is 5.88 Å². The minimum Gasteiger partial charge on any atom is -0.476 e. The zero-order valence-electron chi connectivity index (χ0n) is 16.5. The molecule has 1 aliphatic heterocycles. The molecule has 2 amide bonds. The molecule has 4 aliphatic rings. The van der Waals surface area contributed by atoms with Crippen molar-refractivity contribution in [1.82, 2.24) is 9.78 Å². The maximum absolute atomic E-state index is 11.0. The third kappa shape index (κ3) is 3.48. The summed E-state index contributed by atoms with van der Waals surface area (Å²) in [5.41, 5.74) is 12.4. The van der Waals surface area contributed by atoms with Crippen molar-refractivity contribution in [2.24, 2.45) is 16.3 Å². The van der Waals surface area contributed by atoms with Crippen molar-refractivity contribution >= 4 is 23.7 Å². The van der Waals surface area contributed by atoms with Crippen LogP contribution in [0.15, 0.2) is 17.2 Å². The number of primary amides is 1. The van der Waals surface area contributed by atoms with Gasteiger partial charge in [-0.1, -0.05) is 0 Å². The lowest BCUT2D eigenvalue weighted by atomic mass is 9.98. The van der Waals surface area contributed by atoms with E-state index in [2.05, 4.69) is 16.5 Å². The molecule has 1 aromatic heterocycles. The van der Waals surface area contributed by atoms with Crippen molar-refractivity contribution in [3.05, 3.63) is 34.5 Å². The smallest absolute Gasteiger partial charge is 0.316 e. The summed E-state index contributed by atoms with van der Waals surface area (Å²) in [7, 11) is 0. The van der Waals surface area contributed by atoms with Crippen LogP contribution in [0.5, 0.6) is 5.88 Å². The lowest BCUT2D eigenvalue weighted by Crippen LogP contribution is -2.27. The van der Waals surface area contributed by atoms with E-state index >= 15 is 0 Å². The quantitative estimate of drug-likeness (QED) is 0.655. The highest BCUT2D eigenvalue weighted by molar-refractivity contribution is 7.97. The van der Waals surface area contributed by atoms with Gasteiger partial charge in [0, 0.05) is 11.1 Å². The number of hydrogen-bond acceptors (Lipinski definition) is 5. The van der Waals surface area contributed by atoms with Gasteiger partial charge in [0.25, 0.3) is 0 Å². The van der Waals surface area contributed by atoms with Crippen LogP contribution in [-0.2, 0) is 32.2 Å². The molecule has 1 aromatic carbocycles. The Bertz CT molecular complexity index is 966. The van der Waals surface area contributed by atoms with E-state index in [1.807, 2.05) is 4.68 Å². The minimum absolute atomic E-state index is 0.412. The number of nitrogens with two attached hydrogens (primary N) is 2. The number of ether oxygens (including phenoxy) is 1. The number of fused-ring (bicyclic) bond motifs is 4. The molecule has 0 saturated heterocycles. The van der Waals surface area contributed by atoms with Crippen LogP contribution in [0.4, 0.5) is 10.5 Å². The fraction of sp³-hybridized carbons (Fsp3) is 0.524. The van der Waals surface area contributed by atoms with Crippen LogP contribution in [-0.4, -0.2) is 22.4 Å². The lowest BCUT2D eigenvalue weighted by molar-refractivity contribution is 0.145. The Labute approximate surface area is 174 Å². The van der Waals surface area contributed by atoms with Gasteiger partial charge in [0.05, 0.1) is 19.3 Å². The number of carbonyl (C=O) groups is 1. The van der Waals surface area contributed by atoms with Crippen molar-refractivity contribution in [3.63, 3.8) is 0 Å². The Morgan fingerprint density at radius 2 is 1.93 bits per heavy atom. The van der Waals surface area contributed by atoms with E-state index in [1.54, 1.807) is 11.8 Å². The van der Waals surface area contributed by atoms with Gasteiger partial charge < -0.3 is 15.8 Å².